The zero-order chi connectivity index (χ0) is 39.6. The van der Waals surface area contributed by atoms with Gasteiger partial charge in [-0.3, -0.25) is 0 Å². The number of aliphatic hydroxyl groups excluding tert-OH is 2. The molecule has 7 aliphatic heterocycles. The number of hydrogen-bond acceptors (Lipinski definition) is 18. The van der Waals surface area contributed by atoms with Crippen molar-refractivity contribution in [3.05, 3.63) is 12.7 Å². The van der Waals surface area contributed by atoms with E-state index in [9.17, 15) is 10.2 Å². The van der Waals surface area contributed by atoms with Crippen LogP contribution >= 0.6 is 0 Å². The van der Waals surface area contributed by atoms with Crippen LogP contribution in [0.1, 0.15) is 12.8 Å². The maximum absolute atomic E-state index is 9.83. The maximum Gasteiger partial charge on any atom is 0.104 e. The van der Waals surface area contributed by atoms with Gasteiger partial charge in [0.05, 0.1) is 151 Å². The average Bonchev–Trinajstić information content (AvgIpc) is 3.95. The predicted molar refractivity (Wildman–Crippen MR) is 197 cm³/mol. The summed E-state index contributed by atoms with van der Waals surface area (Å²) in [6.07, 6.45) is 4.03. The van der Waals surface area contributed by atoms with E-state index in [4.69, 9.17) is 71.1 Å². The molecule has 0 aromatic heterocycles. The molecule has 10 atom stereocenters. The van der Waals surface area contributed by atoms with Gasteiger partial charge in [-0.05, 0) is 12.8 Å². The number of methoxy groups -OCH3 is 1. The molecule has 56 heavy (non-hydrogen) atoms. The molecular formula is C38H68O18. The lowest BCUT2D eigenvalue weighted by molar-refractivity contribution is -0.0763. The molecule has 18 heteroatoms. The van der Waals surface area contributed by atoms with E-state index in [1.165, 1.54) is 0 Å². The van der Waals surface area contributed by atoms with Crippen molar-refractivity contribution in [2.24, 2.45) is 0 Å². The van der Waals surface area contributed by atoms with E-state index in [0.717, 1.165) is 52.7 Å². The highest BCUT2D eigenvalue weighted by Gasteiger charge is 2.29. The Morgan fingerprint density at radius 3 is 1.18 bits per heavy atom. The molecular weight excluding hydrogens is 744 g/mol. The quantitative estimate of drug-likeness (QED) is 0.0489. The summed E-state index contributed by atoms with van der Waals surface area (Å²) in [7, 11) is 3.25. The van der Waals surface area contributed by atoms with Gasteiger partial charge in [-0.1, -0.05) is 6.08 Å². The first-order valence-corrected chi connectivity index (χ1v) is 19.8. The summed E-state index contributed by atoms with van der Waals surface area (Å²) in [5, 5.41) is 19.2. The van der Waals surface area contributed by atoms with E-state index in [0.29, 0.717) is 105 Å². The average molecular weight is 813 g/mol. The Bertz CT molecular complexity index is 937. The molecule has 0 aromatic carbocycles. The molecule has 7 rings (SSSR count). The Morgan fingerprint density at radius 1 is 0.482 bits per heavy atom. The predicted octanol–water partition coefficient (Wildman–Crippen LogP) is -0.429. The molecule has 0 radical (unpaired) electrons. The second kappa shape index (κ2) is 29.3. The summed E-state index contributed by atoms with van der Waals surface area (Å²) in [5.74, 6) is 0. The minimum absolute atomic E-state index is 0.0436. The molecule has 10 unspecified atom stereocenters. The zero-order valence-electron chi connectivity index (χ0n) is 33.3. The molecule has 0 saturated carbocycles. The van der Waals surface area contributed by atoms with Gasteiger partial charge in [0, 0.05) is 14.2 Å². The number of aliphatic hydroxyl groups is 2. The van der Waals surface area contributed by atoms with Crippen LogP contribution in [-0.2, 0) is 75.8 Å². The van der Waals surface area contributed by atoms with Gasteiger partial charge < -0.3 is 86.0 Å². The number of rotatable bonds is 33. The van der Waals surface area contributed by atoms with E-state index in [1.54, 1.807) is 20.3 Å². The third-order valence-corrected chi connectivity index (χ3v) is 8.27. The Hall–Kier alpha value is -0.980. The Kier molecular flexibility index (Phi) is 24.9. The Balaban J connectivity index is 0.000000184. The molecule has 0 aliphatic carbocycles. The van der Waals surface area contributed by atoms with Gasteiger partial charge in [0.1, 0.15) is 54.9 Å². The summed E-state index contributed by atoms with van der Waals surface area (Å²) in [4.78, 5) is 0. The lowest BCUT2D eigenvalue weighted by Gasteiger charge is -2.19. The first-order chi connectivity index (χ1) is 27.4. The van der Waals surface area contributed by atoms with Crippen LogP contribution in [0, 0.1) is 0 Å². The Labute approximate surface area is 331 Å². The van der Waals surface area contributed by atoms with Gasteiger partial charge >= 0.3 is 0 Å². The monoisotopic (exact) mass is 812 g/mol. The fraction of sp³-hybridized carbons (Fsp3) is 0.947. The highest BCUT2D eigenvalue weighted by molar-refractivity contribution is 4.74. The molecule has 0 amide bonds. The van der Waals surface area contributed by atoms with Crippen LogP contribution < -0.4 is 0 Å². The number of epoxide rings is 7. The lowest BCUT2D eigenvalue weighted by Crippen LogP contribution is -2.30. The van der Waals surface area contributed by atoms with Gasteiger partial charge in [-0.25, -0.2) is 0 Å². The smallest absolute Gasteiger partial charge is 0.104 e. The van der Waals surface area contributed by atoms with Gasteiger partial charge in [-0.15, -0.1) is 6.58 Å². The highest BCUT2D eigenvalue weighted by atomic mass is 16.6. The van der Waals surface area contributed by atoms with E-state index < -0.39 is 12.2 Å². The van der Waals surface area contributed by atoms with Crippen molar-refractivity contribution in [1.82, 2.24) is 0 Å². The van der Waals surface area contributed by atoms with Crippen molar-refractivity contribution in [3.8, 4) is 0 Å². The van der Waals surface area contributed by atoms with Crippen molar-refractivity contribution in [2.45, 2.75) is 80.0 Å². The molecule has 7 heterocycles. The zero-order valence-corrected chi connectivity index (χ0v) is 33.3. The minimum atomic E-state index is -0.549. The molecule has 7 aliphatic rings. The number of ether oxygens (including phenoxy) is 16. The van der Waals surface area contributed by atoms with Crippen LogP contribution in [0.3, 0.4) is 0 Å². The standard InChI is InChI=1S/C15H26O7.C12H20O5.C9H16O5.C2H6O/c16-11(1-2-12-7-19-12)3-17-4-13(20-9-15-10-22-15)5-18-6-14-8-21-14;1-2-3-13-4-10(15-8-12-9-17-12)5-14-6-11-7-16-11;10-7(1-11-3-8-5-13-8)2-12-4-9-6-14-9;1-3-2/h11-16H,1-10H2;2,10-12H,1,3-9H2;7-10H,1-6H2;1-2H3. The second-order valence-corrected chi connectivity index (χ2v) is 14.4. The summed E-state index contributed by atoms with van der Waals surface area (Å²) in [6.45, 7) is 16.1. The van der Waals surface area contributed by atoms with Crippen molar-refractivity contribution < 1.29 is 86.0 Å². The molecule has 328 valence electrons. The second-order valence-electron chi connectivity index (χ2n) is 14.4. The SMILES string of the molecule is C=CCOCC(COCC1CO1)OCC1CO1.COC.OC(CCC1CO1)COCC(COCC1CO1)OCC1CO1.OC(COCC1CO1)COCC1CO1. The van der Waals surface area contributed by atoms with Crippen molar-refractivity contribution in [2.75, 3.05) is 153 Å². The van der Waals surface area contributed by atoms with Crippen molar-refractivity contribution in [3.63, 3.8) is 0 Å². The molecule has 0 aromatic rings. The number of hydrogen-bond donors (Lipinski definition) is 2. The Morgan fingerprint density at radius 2 is 0.804 bits per heavy atom. The summed E-state index contributed by atoms with van der Waals surface area (Å²) >= 11 is 0. The van der Waals surface area contributed by atoms with Crippen LogP contribution in [0.15, 0.2) is 12.7 Å². The van der Waals surface area contributed by atoms with E-state index >= 15 is 0 Å². The third kappa shape index (κ3) is 29.3. The molecule has 18 nitrogen and oxygen atoms in total. The van der Waals surface area contributed by atoms with Crippen LogP contribution in [0.4, 0.5) is 0 Å². The first kappa shape index (κ1) is 47.7. The van der Waals surface area contributed by atoms with Gasteiger partial charge in [0.15, 0.2) is 0 Å². The topological polar surface area (TPSA) is 211 Å². The van der Waals surface area contributed by atoms with Gasteiger partial charge in [0.25, 0.3) is 0 Å². The van der Waals surface area contributed by atoms with E-state index in [2.05, 4.69) is 11.3 Å². The molecule has 0 bridgehead atoms. The summed E-state index contributed by atoms with van der Waals surface area (Å²) < 4.78 is 83.5. The van der Waals surface area contributed by atoms with E-state index in [-0.39, 0.29) is 48.8 Å². The fourth-order valence-electron chi connectivity index (χ4n) is 4.46. The van der Waals surface area contributed by atoms with Crippen LogP contribution in [0.25, 0.3) is 0 Å². The van der Waals surface area contributed by atoms with Crippen LogP contribution in [-0.4, -0.2) is 230 Å². The summed E-state index contributed by atoms with van der Waals surface area (Å²) in [6, 6.07) is 0. The van der Waals surface area contributed by atoms with Crippen LogP contribution in [0.2, 0.25) is 0 Å². The van der Waals surface area contributed by atoms with Crippen molar-refractivity contribution >= 4 is 0 Å². The minimum Gasteiger partial charge on any atom is -0.391 e. The molecule has 7 fully saturated rings. The maximum atomic E-state index is 9.83. The highest BCUT2D eigenvalue weighted by Crippen LogP contribution is 2.17. The summed E-state index contributed by atoms with van der Waals surface area (Å²) in [5.41, 5.74) is 0. The third-order valence-electron chi connectivity index (χ3n) is 8.27. The van der Waals surface area contributed by atoms with Crippen LogP contribution in [0.5, 0.6) is 0 Å². The molecule has 0 spiro atoms. The van der Waals surface area contributed by atoms with Gasteiger partial charge in [-0.2, -0.15) is 0 Å². The largest absolute Gasteiger partial charge is 0.391 e. The first-order valence-electron chi connectivity index (χ1n) is 19.8. The van der Waals surface area contributed by atoms with Crippen molar-refractivity contribution in [1.29, 1.82) is 0 Å². The van der Waals surface area contributed by atoms with Gasteiger partial charge in [0.2, 0.25) is 0 Å². The fourth-order valence-corrected chi connectivity index (χ4v) is 4.46. The van der Waals surface area contributed by atoms with E-state index in [1.807, 2.05) is 0 Å². The lowest BCUT2D eigenvalue weighted by atomic mass is 10.2. The molecule has 7 saturated heterocycles. The normalized spacial score (nSPS) is 29.1. The molecule has 2 N–H and O–H groups in total.